The van der Waals surface area contributed by atoms with E-state index in [9.17, 15) is 0 Å². The van der Waals surface area contributed by atoms with Crippen LogP contribution in [-0.2, 0) is 0 Å². The van der Waals surface area contributed by atoms with E-state index in [2.05, 4.69) is 81.9 Å². The molecule has 0 bridgehead atoms. The van der Waals surface area contributed by atoms with Crippen LogP contribution in [0.5, 0.6) is 11.5 Å². The number of benzene rings is 2. The minimum Gasteiger partial charge on any atom is -0.456 e. The molecule has 0 saturated heterocycles. The van der Waals surface area contributed by atoms with Gasteiger partial charge in [-0.1, -0.05) is 35.9 Å². The number of rotatable bonds is 5. The van der Waals surface area contributed by atoms with Crippen LogP contribution in [0.4, 0.5) is 22.7 Å². The molecule has 0 amide bonds. The van der Waals surface area contributed by atoms with Gasteiger partial charge in [-0.05, 0) is 62.2 Å². The van der Waals surface area contributed by atoms with Gasteiger partial charge in [0.25, 0.3) is 0 Å². The van der Waals surface area contributed by atoms with Crippen LogP contribution in [0.25, 0.3) is 11.4 Å². The molecule has 5 aromatic rings. The maximum atomic E-state index is 6.22. The van der Waals surface area contributed by atoms with Gasteiger partial charge in [-0.15, -0.1) is 0 Å². The largest absolute Gasteiger partial charge is 0.456 e. The third kappa shape index (κ3) is 4.38. The Bertz CT molecular complexity index is 1560. The number of aromatic nitrogens is 3. The van der Waals surface area contributed by atoms with E-state index in [1.165, 1.54) is 28.1 Å². The number of anilines is 4. The molecule has 1 aliphatic rings. The lowest BCUT2D eigenvalue weighted by atomic mass is 10.0. The highest BCUT2D eigenvalue weighted by Gasteiger charge is 2.29. The lowest BCUT2D eigenvalue weighted by Gasteiger charge is -2.25. The first-order chi connectivity index (χ1) is 18.1. The van der Waals surface area contributed by atoms with E-state index < -0.39 is 0 Å². The summed E-state index contributed by atoms with van der Waals surface area (Å²) in [5, 5.41) is 0. The number of fused-ring (bicyclic) bond motifs is 1. The van der Waals surface area contributed by atoms with Crippen molar-refractivity contribution >= 4 is 22.7 Å². The van der Waals surface area contributed by atoms with Crippen molar-refractivity contribution in [2.45, 2.75) is 20.8 Å². The van der Waals surface area contributed by atoms with Crippen LogP contribution in [0.2, 0.25) is 0 Å². The van der Waals surface area contributed by atoms with E-state index in [4.69, 9.17) is 4.74 Å². The average Bonchev–Trinajstić information content (AvgIpc) is 3.28. The van der Waals surface area contributed by atoms with Crippen LogP contribution < -0.4 is 14.5 Å². The fraction of sp³-hybridized carbons (Fsp3) is 0.129. The molecule has 3 aromatic heterocycles. The molecule has 0 saturated carbocycles. The predicted octanol–water partition coefficient (Wildman–Crippen LogP) is 7.50. The van der Waals surface area contributed by atoms with Gasteiger partial charge >= 0.3 is 0 Å². The molecule has 0 N–H and O–H groups in total. The Labute approximate surface area is 216 Å². The van der Waals surface area contributed by atoms with E-state index in [0.29, 0.717) is 18.2 Å². The standard InChI is InChI=1S/C31H27N5O/c1-21-14-22(2)31(23(3)15-21)36-20-35(29-9-4-5-10-30(29)36)24-16-26(19-32-18-24)37-25-11-13-34-28(17-25)27-8-6-7-12-33-27/h4-19H,20H2,1-3H3. The van der Waals surface area contributed by atoms with Gasteiger partial charge in [0, 0.05) is 30.2 Å². The molecule has 0 fully saturated rings. The second-order valence-electron chi connectivity index (χ2n) is 9.31. The summed E-state index contributed by atoms with van der Waals surface area (Å²) in [6, 6.07) is 24.5. The third-order valence-corrected chi connectivity index (χ3v) is 6.56. The Kier molecular flexibility index (Phi) is 5.77. The summed E-state index contributed by atoms with van der Waals surface area (Å²) in [4.78, 5) is 18.0. The van der Waals surface area contributed by atoms with Crippen molar-refractivity contribution in [1.82, 2.24) is 15.0 Å². The van der Waals surface area contributed by atoms with Crippen LogP contribution >= 0.6 is 0 Å². The fourth-order valence-electron chi connectivity index (χ4n) is 5.10. The number of ether oxygens (including phenoxy) is 1. The molecule has 6 rings (SSSR count). The quantitative estimate of drug-likeness (QED) is 0.257. The lowest BCUT2D eigenvalue weighted by Crippen LogP contribution is -2.25. The first kappa shape index (κ1) is 22.7. The lowest BCUT2D eigenvalue weighted by molar-refractivity contribution is 0.480. The Hall–Kier alpha value is -4.71. The number of para-hydroxylation sites is 2. The number of aryl methyl sites for hydroxylation is 3. The van der Waals surface area contributed by atoms with Crippen LogP contribution in [-0.4, -0.2) is 21.6 Å². The zero-order valence-electron chi connectivity index (χ0n) is 21.1. The third-order valence-electron chi connectivity index (χ3n) is 6.56. The highest BCUT2D eigenvalue weighted by molar-refractivity contribution is 5.88. The molecule has 182 valence electrons. The van der Waals surface area contributed by atoms with Gasteiger partial charge in [0.1, 0.15) is 18.2 Å². The molecule has 4 heterocycles. The van der Waals surface area contributed by atoms with Crippen molar-refractivity contribution in [2.24, 2.45) is 0 Å². The molecular weight excluding hydrogens is 458 g/mol. The van der Waals surface area contributed by atoms with Crippen LogP contribution in [0.15, 0.2) is 97.6 Å². The minimum atomic E-state index is 0.661. The Morgan fingerprint density at radius 2 is 1.41 bits per heavy atom. The summed E-state index contributed by atoms with van der Waals surface area (Å²) in [6.07, 6.45) is 7.11. The highest BCUT2D eigenvalue weighted by atomic mass is 16.5. The molecule has 0 unspecified atom stereocenters. The van der Waals surface area contributed by atoms with E-state index in [1.54, 1.807) is 18.6 Å². The predicted molar refractivity (Wildman–Crippen MR) is 148 cm³/mol. The Balaban J connectivity index is 1.32. The van der Waals surface area contributed by atoms with Crippen molar-refractivity contribution in [3.63, 3.8) is 0 Å². The first-order valence-corrected chi connectivity index (χ1v) is 12.3. The molecule has 6 nitrogen and oxygen atoms in total. The molecule has 0 aliphatic carbocycles. The summed E-state index contributed by atoms with van der Waals surface area (Å²) in [6.45, 7) is 7.21. The molecule has 37 heavy (non-hydrogen) atoms. The van der Waals surface area contributed by atoms with Gasteiger partial charge in [0.05, 0.1) is 40.8 Å². The minimum absolute atomic E-state index is 0.661. The van der Waals surface area contributed by atoms with Crippen molar-refractivity contribution in [3.05, 3.63) is 114 Å². The summed E-state index contributed by atoms with van der Waals surface area (Å²) >= 11 is 0. The normalized spacial score (nSPS) is 12.5. The summed E-state index contributed by atoms with van der Waals surface area (Å²) in [5.74, 6) is 1.35. The SMILES string of the molecule is Cc1cc(C)c(N2CN(c3cncc(Oc4ccnc(-c5ccccn5)c4)c3)c3ccccc32)c(C)c1. The number of hydrogen-bond acceptors (Lipinski definition) is 6. The molecule has 2 aromatic carbocycles. The van der Waals surface area contributed by atoms with E-state index >= 15 is 0 Å². The zero-order valence-corrected chi connectivity index (χ0v) is 21.1. The molecule has 6 heteroatoms. The van der Waals surface area contributed by atoms with Crippen molar-refractivity contribution < 1.29 is 4.74 Å². The molecule has 0 spiro atoms. The number of hydrogen-bond donors (Lipinski definition) is 0. The van der Waals surface area contributed by atoms with Crippen molar-refractivity contribution in [1.29, 1.82) is 0 Å². The van der Waals surface area contributed by atoms with Gasteiger partial charge < -0.3 is 14.5 Å². The number of pyridine rings is 3. The van der Waals surface area contributed by atoms with Crippen LogP contribution in [0.3, 0.4) is 0 Å². The first-order valence-electron chi connectivity index (χ1n) is 12.3. The monoisotopic (exact) mass is 485 g/mol. The average molecular weight is 486 g/mol. The molecule has 0 atom stereocenters. The maximum Gasteiger partial charge on any atom is 0.147 e. The molecular formula is C31H27N5O. The van der Waals surface area contributed by atoms with Gasteiger partial charge in [-0.2, -0.15) is 0 Å². The second-order valence-corrected chi connectivity index (χ2v) is 9.31. The van der Waals surface area contributed by atoms with Crippen molar-refractivity contribution in [2.75, 3.05) is 16.5 Å². The van der Waals surface area contributed by atoms with Crippen LogP contribution in [0.1, 0.15) is 16.7 Å². The topological polar surface area (TPSA) is 54.4 Å². The van der Waals surface area contributed by atoms with Crippen molar-refractivity contribution in [3.8, 4) is 22.9 Å². The van der Waals surface area contributed by atoms with E-state index in [0.717, 1.165) is 22.8 Å². The van der Waals surface area contributed by atoms with Gasteiger partial charge in [0.2, 0.25) is 0 Å². The van der Waals surface area contributed by atoms with Gasteiger partial charge in [-0.25, -0.2) is 0 Å². The highest BCUT2D eigenvalue weighted by Crippen LogP contribution is 2.46. The Morgan fingerprint density at radius 3 is 2.16 bits per heavy atom. The van der Waals surface area contributed by atoms with E-state index in [-0.39, 0.29) is 0 Å². The number of nitrogens with zero attached hydrogens (tertiary/aromatic N) is 5. The van der Waals surface area contributed by atoms with Gasteiger partial charge in [0.15, 0.2) is 0 Å². The smallest absolute Gasteiger partial charge is 0.147 e. The fourth-order valence-corrected chi connectivity index (χ4v) is 5.10. The molecule has 1 aliphatic heterocycles. The van der Waals surface area contributed by atoms with Gasteiger partial charge in [-0.3, -0.25) is 15.0 Å². The molecule has 0 radical (unpaired) electrons. The summed E-state index contributed by atoms with van der Waals surface area (Å²) < 4.78 is 6.22. The maximum absolute atomic E-state index is 6.22. The van der Waals surface area contributed by atoms with E-state index in [1.807, 2.05) is 42.6 Å². The Morgan fingerprint density at radius 1 is 0.676 bits per heavy atom. The zero-order chi connectivity index (χ0) is 25.4. The van der Waals surface area contributed by atoms with Crippen LogP contribution in [0, 0.1) is 20.8 Å². The second kappa shape index (κ2) is 9.39. The summed E-state index contributed by atoms with van der Waals surface area (Å²) in [7, 11) is 0. The summed E-state index contributed by atoms with van der Waals surface area (Å²) in [5.41, 5.74) is 9.91.